The minimum atomic E-state index is -1.62. The van der Waals surface area contributed by atoms with Gasteiger partial charge in [-0.15, -0.1) is 0 Å². The first-order chi connectivity index (χ1) is 8.82. The number of hydrogen-bond donors (Lipinski definition) is 2. The van der Waals surface area contributed by atoms with Crippen LogP contribution in [0.3, 0.4) is 0 Å². The SMILES string of the molecule is SCCS[Se]1(SCCS)C=C[Se]C1=C1[Se]C=C[Se]1. The van der Waals surface area contributed by atoms with E-state index in [0.29, 0.717) is 44.9 Å². The number of hydrogen-bond acceptors (Lipinski definition) is 4. The molecule has 0 aromatic rings. The van der Waals surface area contributed by atoms with Crippen molar-refractivity contribution in [2.75, 3.05) is 23.0 Å². The summed E-state index contributed by atoms with van der Waals surface area (Å²) in [4.78, 5) is 9.97. The molecule has 0 saturated heterocycles. The molecule has 0 nitrogen and oxygen atoms in total. The van der Waals surface area contributed by atoms with Crippen LogP contribution in [-0.4, -0.2) is 78.5 Å². The molecule has 0 amide bonds. The van der Waals surface area contributed by atoms with E-state index in [4.69, 9.17) is 0 Å². The van der Waals surface area contributed by atoms with Gasteiger partial charge in [0, 0.05) is 0 Å². The van der Waals surface area contributed by atoms with Crippen molar-refractivity contribution in [2.45, 2.75) is 0 Å². The van der Waals surface area contributed by atoms with Gasteiger partial charge in [-0.25, -0.2) is 0 Å². The molecule has 0 atom stereocenters. The zero-order chi connectivity index (χ0) is 12.8. The number of thiol groups is 2. The summed E-state index contributed by atoms with van der Waals surface area (Å²) in [5.74, 6) is 4.41. The molecule has 0 aromatic carbocycles. The van der Waals surface area contributed by atoms with Crippen LogP contribution < -0.4 is 0 Å². The number of rotatable bonds is 6. The average molecular weight is 578 g/mol. The van der Waals surface area contributed by atoms with E-state index < -0.39 is 10.6 Å². The average Bonchev–Trinajstić information content (AvgIpc) is 3.03. The van der Waals surface area contributed by atoms with Crippen molar-refractivity contribution in [3.05, 3.63) is 26.6 Å². The van der Waals surface area contributed by atoms with Gasteiger partial charge in [0.1, 0.15) is 0 Å². The van der Waals surface area contributed by atoms with E-state index in [-0.39, 0.29) is 0 Å². The predicted octanol–water partition coefficient (Wildman–Crippen LogP) is 2.13. The van der Waals surface area contributed by atoms with Crippen molar-refractivity contribution >= 4 is 101 Å². The normalized spacial score (nSPS) is 23.0. The van der Waals surface area contributed by atoms with Gasteiger partial charge in [0.15, 0.2) is 0 Å². The fourth-order valence-corrected chi connectivity index (χ4v) is 42.9. The van der Waals surface area contributed by atoms with Crippen LogP contribution in [0, 0.1) is 0 Å². The van der Waals surface area contributed by atoms with Gasteiger partial charge in [0.2, 0.25) is 0 Å². The molecule has 0 N–H and O–H groups in total. The summed E-state index contributed by atoms with van der Waals surface area (Å²) in [6.45, 7) is 0. The topological polar surface area (TPSA) is 0 Å². The molecular formula is C10H14S4Se4. The van der Waals surface area contributed by atoms with Crippen molar-refractivity contribution in [3.8, 4) is 0 Å². The third-order valence-corrected chi connectivity index (χ3v) is 36.6. The van der Waals surface area contributed by atoms with Gasteiger partial charge in [-0.3, -0.25) is 0 Å². The maximum atomic E-state index is 4.40. The zero-order valence-corrected chi connectivity index (χ0v) is 19.8. The van der Waals surface area contributed by atoms with Gasteiger partial charge < -0.3 is 0 Å². The summed E-state index contributed by atoms with van der Waals surface area (Å²) in [5.41, 5.74) is 0. The van der Waals surface area contributed by atoms with Crippen LogP contribution in [0.15, 0.2) is 26.6 Å². The predicted molar refractivity (Wildman–Crippen MR) is 101 cm³/mol. The first-order valence-corrected chi connectivity index (χ1v) is 19.9. The second kappa shape index (κ2) is 8.98. The minimum absolute atomic E-state index is 0.651. The molecule has 102 valence electrons. The van der Waals surface area contributed by atoms with E-state index in [1.54, 1.807) is 0 Å². The van der Waals surface area contributed by atoms with Crippen molar-refractivity contribution < 1.29 is 0 Å². The summed E-state index contributed by atoms with van der Waals surface area (Å²) in [6, 6.07) is 0. The fraction of sp³-hybridized carbons (Fsp3) is 0.400. The van der Waals surface area contributed by atoms with Crippen LogP contribution in [0.2, 0.25) is 0 Å². The van der Waals surface area contributed by atoms with Gasteiger partial charge in [0.05, 0.1) is 0 Å². The third kappa shape index (κ3) is 4.35. The van der Waals surface area contributed by atoms with Crippen LogP contribution >= 0.6 is 45.6 Å². The zero-order valence-electron chi connectivity index (χ0n) is 9.48. The Morgan fingerprint density at radius 2 is 1.56 bits per heavy atom. The molecule has 0 aromatic heterocycles. The Bertz CT molecular complexity index is 362. The van der Waals surface area contributed by atoms with Crippen molar-refractivity contribution in [1.29, 1.82) is 0 Å². The van der Waals surface area contributed by atoms with Crippen molar-refractivity contribution in [2.24, 2.45) is 0 Å². The van der Waals surface area contributed by atoms with Crippen LogP contribution in [0.25, 0.3) is 0 Å². The molecule has 0 saturated carbocycles. The summed E-state index contributed by atoms with van der Waals surface area (Å²) < 4.78 is 3.78. The summed E-state index contributed by atoms with van der Waals surface area (Å²) in [7, 11) is 2.86. The Morgan fingerprint density at radius 1 is 0.944 bits per heavy atom. The maximum absolute atomic E-state index is 4.40. The van der Waals surface area contributed by atoms with E-state index in [2.05, 4.69) is 65.5 Å². The van der Waals surface area contributed by atoms with Crippen LogP contribution in [0.5, 0.6) is 0 Å². The van der Waals surface area contributed by atoms with Crippen molar-refractivity contribution in [1.82, 2.24) is 0 Å². The van der Waals surface area contributed by atoms with Gasteiger partial charge >= 0.3 is 151 Å². The van der Waals surface area contributed by atoms with Crippen molar-refractivity contribution in [3.63, 3.8) is 0 Å². The van der Waals surface area contributed by atoms with Gasteiger partial charge in [0.25, 0.3) is 0 Å². The summed E-state index contributed by atoms with van der Waals surface area (Å²) in [5, 5.41) is 0. The quantitative estimate of drug-likeness (QED) is 0.367. The Balaban J connectivity index is 2.19. The Kier molecular flexibility index (Phi) is 8.51. The van der Waals surface area contributed by atoms with Crippen LogP contribution in [0.4, 0.5) is 0 Å². The van der Waals surface area contributed by atoms with E-state index in [9.17, 15) is 0 Å². The molecule has 0 fully saturated rings. The second-order valence-electron chi connectivity index (χ2n) is 3.11. The molecule has 8 heteroatoms. The van der Waals surface area contributed by atoms with Gasteiger partial charge in [-0.1, -0.05) is 0 Å². The molecule has 2 aliphatic rings. The van der Waals surface area contributed by atoms with E-state index in [1.807, 2.05) is 6.74 Å². The summed E-state index contributed by atoms with van der Waals surface area (Å²) in [6.07, 6.45) is 0. The molecule has 0 unspecified atom stereocenters. The molecule has 0 radical (unpaired) electrons. The molecule has 2 aliphatic heterocycles. The van der Waals surface area contributed by atoms with Gasteiger partial charge in [-0.2, -0.15) is 0 Å². The monoisotopic (exact) mass is 582 g/mol. The summed E-state index contributed by atoms with van der Waals surface area (Å²) >= 11 is 10.8. The Morgan fingerprint density at radius 3 is 2.11 bits per heavy atom. The van der Waals surface area contributed by atoms with Crippen LogP contribution in [0.1, 0.15) is 0 Å². The van der Waals surface area contributed by atoms with E-state index in [1.165, 1.54) is 11.5 Å². The van der Waals surface area contributed by atoms with E-state index in [0.717, 1.165) is 11.5 Å². The first kappa shape index (κ1) is 17.1. The molecular weight excluding hydrogens is 564 g/mol. The Labute approximate surface area is 148 Å². The third-order valence-electron chi connectivity index (χ3n) is 1.94. The van der Waals surface area contributed by atoms with Crippen LogP contribution in [-0.2, 0) is 0 Å². The second-order valence-corrected chi connectivity index (χ2v) is 26.9. The van der Waals surface area contributed by atoms with Gasteiger partial charge in [-0.05, 0) is 0 Å². The fourth-order valence-electron chi connectivity index (χ4n) is 1.30. The van der Waals surface area contributed by atoms with E-state index >= 15 is 0 Å². The molecule has 2 rings (SSSR count). The Hall–Kier alpha value is 2.70. The standard InChI is InChI=1S/C10H14S4Se4/c11-1-3-13-18(14-4-2-12)8-7-17-10(18)9-15-5-6-16-9/h5-8,11-12H,1-4H2. The molecule has 18 heavy (non-hydrogen) atoms. The first-order valence-electron chi connectivity index (χ1n) is 5.22. The molecule has 2 heterocycles. The molecule has 0 spiro atoms. The molecule has 0 aliphatic carbocycles. The molecule has 0 bridgehead atoms.